The first-order valence-corrected chi connectivity index (χ1v) is 6.95. The predicted molar refractivity (Wildman–Crippen MR) is 79.9 cm³/mol. The molecule has 0 radical (unpaired) electrons. The molecule has 1 aromatic rings. The van der Waals surface area contributed by atoms with Crippen LogP contribution in [0.4, 0.5) is 0 Å². The molecule has 1 fully saturated rings. The van der Waals surface area contributed by atoms with Crippen molar-refractivity contribution in [1.29, 1.82) is 0 Å². The number of benzene rings is 1. The Morgan fingerprint density at radius 2 is 2.26 bits per heavy atom. The van der Waals surface area contributed by atoms with Crippen molar-refractivity contribution in [2.24, 2.45) is 11.7 Å². The SMILES string of the molecule is CC1CC(CN)CN1Cc1ccc2c(c1)CCO2.Cl. The van der Waals surface area contributed by atoms with Crippen molar-refractivity contribution in [3.05, 3.63) is 29.3 Å². The molecule has 0 aromatic heterocycles. The first kappa shape index (κ1) is 14.6. The van der Waals surface area contributed by atoms with Crippen molar-refractivity contribution in [1.82, 2.24) is 4.90 Å². The number of fused-ring (bicyclic) bond motifs is 1. The number of nitrogens with zero attached hydrogens (tertiary/aromatic N) is 1. The van der Waals surface area contributed by atoms with Gasteiger partial charge in [0.2, 0.25) is 0 Å². The number of likely N-dealkylation sites (tertiary alicyclic amines) is 1. The van der Waals surface area contributed by atoms with Crippen LogP contribution in [0.15, 0.2) is 18.2 Å². The van der Waals surface area contributed by atoms with Crippen LogP contribution in [0.5, 0.6) is 5.75 Å². The molecule has 3 rings (SSSR count). The second-order valence-electron chi connectivity index (χ2n) is 5.66. The van der Waals surface area contributed by atoms with E-state index in [-0.39, 0.29) is 12.4 Å². The number of rotatable bonds is 3. The van der Waals surface area contributed by atoms with Gasteiger partial charge in [0.15, 0.2) is 0 Å². The highest BCUT2D eigenvalue weighted by atomic mass is 35.5. The summed E-state index contributed by atoms with van der Waals surface area (Å²) in [6.45, 7) is 6.16. The molecule has 19 heavy (non-hydrogen) atoms. The molecule has 2 heterocycles. The van der Waals surface area contributed by atoms with Crippen LogP contribution in [0.3, 0.4) is 0 Å². The smallest absolute Gasteiger partial charge is 0.122 e. The van der Waals surface area contributed by atoms with Crippen LogP contribution in [-0.2, 0) is 13.0 Å². The molecule has 1 saturated heterocycles. The van der Waals surface area contributed by atoms with Crippen molar-refractivity contribution in [3.63, 3.8) is 0 Å². The molecule has 106 valence electrons. The lowest BCUT2D eigenvalue weighted by Gasteiger charge is -2.21. The first-order valence-electron chi connectivity index (χ1n) is 6.95. The topological polar surface area (TPSA) is 38.5 Å². The minimum absolute atomic E-state index is 0. The summed E-state index contributed by atoms with van der Waals surface area (Å²) < 4.78 is 5.55. The number of hydrogen-bond donors (Lipinski definition) is 1. The maximum Gasteiger partial charge on any atom is 0.122 e. The molecule has 2 aliphatic heterocycles. The maximum absolute atomic E-state index is 5.78. The molecule has 0 aliphatic carbocycles. The van der Waals surface area contributed by atoms with E-state index in [4.69, 9.17) is 10.5 Å². The highest BCUT2D eigenvalue weighted by molar-refractivity contribution is 5.85. The Morgan fingerprint density at radius 3 is 3.00 bits per heavy atom. The third-order valence-corrected chi connectivity index (χ3v) is 4.26. The fourth-order valence-corrected chi connectivity index (χ4v) is 3.18. The molecule has 0 amide bonds. The van der Waals surface area contributed by atoms with E-state index in [0.29, 0.717) is 12.0 Å². The normalized spacial score (nSPS) is 25.8. The molecule has 0 saturated carbocycles. The predicted octanol–water partition coefficient (Wildman–Crippen LogP) is 2.21. The highest BCUT2D eigenvalue weighted by Crippen LogP contribution is 2.28. The fraction of sp³-hybridized carbons (Fsp3) is 0.600. The molecule has 2 atom stereocenters. The van der Waals surface area contributed by atoms with Crippen molar-refractivity contribution < 1.29 is 4.74 Å². The quantitative estimate of drug-likeness (QED) is 0.924. The summed E-state index contributed by atoms with van der Waals surface area (Å²) in [6.07, 6.45) is 2.30. The molecular formula is C15H23ClN2O. The minimum atomic E-state index is 0. The van der Waals surface area contributed by atoms with Crippen molar-refractivity contribution in [2.75, 3.05) is 19.7 Å². The van der Waals surface area contributed by atoms with Crippen LogP contribution in [-0.4, -0.2) is 30.6 Å². The minimum Gasteiger partial charge on any atom is -0.493 e. The number of hydrogen-bond acceptors (Lipinski definition) is 3. The number of halogens is 1. The first-order chi connectivity index (χ1) is 8.76. The summed E-state index contributed by atoms with van der Waals surface area (Å²) >= 11 is 0. The average molecular weight is 283 g/mol. The van der Waals surface area contributed by atoms with E-state index in [0.717, 1.165) is 38.4 Å². The van der Waals surface area contributed by atoms with Crippen LogP contribution in [0, 0.1) is 5.92 Å². The second kappa shape index (κ2) is 6.12. The Hall–Kier alpha value is -0.770. The van der Waals surface area contributed by atoms with Crippen LogP contribution >= 0.6 is 12.4 Å². The molecule has 2 aliphatic rings. The second-order valence-corrected chi connectivity index (χ2v) is 5.66. The third kappa shape index (κ3) is 3.04. The monoisotopic (exact) mass is 282 g/mol. The van der Waals surface area contributed by atoms with E-state index in [1.807, 2.05) is 0 Å². The summed E-state index contributed by atoms with van der Waals surface area (Å²) in [5.41, 5.74) is 8.56. The van der Waals surface area contributed by atoms with E-state index in [1.54, 1.807) is 0 Å². The van der Waals surface area contributed by atoms with Crippen LogP contribution in [0.1, 0.15) is 24.5 Å². The Balaban J connectivity index is 0.00000133. The highest BCUT2D eigenvalue weighted by Gasteiger charge is 2.28. The van der Waals surface area contributed by atoms with Crippen LogP contribution in [0.25, 0.3) is 0 Å². The van der Waals surface area contributed by atoms with Gasteiger partial charge in [0, 0.05) is 25.6 Å². The molecular weight excluding hydrogens is 260 g/mol. The number of nitrogens with two attached hydrogens (primary N) is 1. The van der Waals surface area contributed by atoms with E-state index in [2.05, 4.69) is 30.0 Å². The summed E-state index contributed by atoms with van der Waals surface area (Å²) in [7, 11) is 0. The third-order valence-electron chi connectivity index (χ3n) is 4.26. The van der Waals surface area contributed by atoms with Crippen LogP contribution in [0.2, 0.25) is 0 Å². The summed E-state index contributed by atoms with van der Waals surface area (Å²) in [6, 6.07) is 7.29. The Kier molecular flexibility index (Phi) is 4.71. The van der Waals surface area contributed by atoms with Crippen molar-refractivity contribution in [3.8, 4) is 5.75 Å². The maximum atomic E-state index is 5.78. The molecule has 2 N–H and O–H groups in total. The van der Waals surface area contributed by atoms with Gasteiger partial charge in [-0.15, -0.1) is 12.4 Å². The summed E-state index contributed by atoms with van der Waals surface area (Å²) in [4.78, 5) is 2.55. The lowest BCUT2D eigenvalue weighted by Crippen LogP contribution is -2.27. The van der Waals surface area contributed by atoms with E-state index < -0.39 is 0 Å². The molecule has 0 spiro atoms. The zero-order chi connectivity index (χ0) is 12.5. The van der Waals surface area contributed by atoms with Gasteiger partial charge in [-0.05, 0) is 43.0 Å². The van der Waals surface area contributed by atoms with Crippen LogP contribution < -0.4 is 10.5 Å². The summed E-state index contributed by atoms with van der Waals surface area (Å²) in [5.74, 6) is 1.76. The number of ether oxygens (including phenoxy) is 1. The Bertz CT molecular complexity index is 438. The van der Waals surface area contributed by atoms with Gasteiger partial charge >= 0.3 is 0 Å². The molecule has 0 bridgehead atoms. The van der Waals surface area contributed by atoms with Gasteiger partial charge < -0.3 is 10.5 Å². The van der Waals surface area contributed by atoms with E-state index in [1.165, 1.54) is 17.5 Å². The van der Waals surface area contributed by atoms with E-state index in [9.17, 15) is 0 Å². The zero-order valence-corrected chi connectivity index (χ0v) is 12.3. The van der Waals surface area contributed by atoms with Gasteiger partial charge in [0.25, 0.3) is 0 Å². The van der Waals surface area contributed by atoms with Gasteiger partial charge in [-0.3, -0.25) is 4.90 Å². The van der Waals surface area contributed by atoms with Gasteiger partial charge in [-0.1, -0.05) is 12.1 Å². The standard InChI is InChI=1S/C15H22N2O.ClH/c1-11-6-13(8-16)10-17(11)9-12-2-3-15-14(7-12)4-5-18-15;/h2-3,7,11,13H,4-6,8-10,16H2,1H3;1H. The fourth-order valence-electron chi connectivity index (χ4n) is 3.18. The average Bonchev–Trinajstić information content (AvgIpc) is 2.96. The molecule has 4 heteroatoms. The van der Waals surface area contributed by atoms with Gasteiger partial charge in [-0.2, -0.15) is 0 Å². The Morgan fingerprint density at radius 1 is 1.42 bits per heavy atom. The molecule has 1 aromatic carbocycles. The largest absolute Gasteiger partial charge is 0.493 e. The van der Waals surface area contributed by atoms with Crippen molar-refractivity contribution in [2.45, 2.75) is 32.4 Å². The zero-order valence-electron chi connectivity index (χ0n) is 11.5. The van der Waals surface area contributed by atoms with Gasteiger partial charge in [-0.25, -0.2) is 0 Å². The lowest BCUT2D eigenvalue weighted by molar-refractivity contribution is 0.256. The van der Waals surface area contributed by atoms with E-state index >= 15 is 0 Å². The van der Waals surface area contributed by atoms with Gasteiger partial charge in [0.1, 0.15) is 5.75 Å². The van der Waals surface area contributed by atoms with Crippen molar-refractivity contribution >= 4 is 12.4 Å². The Labute approximate surface area is 121 Å². The lowest BCUT2D eigenvalue weighted by atomic mass is 10.1. The summed E-state index contributed by atoms with van der Waals surface area (Å²) in [5, 5.41) is 0. The molecule has 3 nitrogen and oxygen atoms in total. The molecule has 2 unspecified atom stereocenters. The van der Waals surface area contributed by atoms with Gasteiger partial charge in [0.05, 0.1) is 6.61 Å².